The number of fused-ring (bicyclic) bond motifs is 1. The highest BCUT2D eigenvalue weighted by molar-refractivity contribution is 7.89. The lowest BCUT2D eigenvalue weighted by Gasteiger charge is -2.34. The number of amides is 3. The van der Waals surface area contributed by atoms with Crippen molar-refractivity contribution in [3.05, 3.63) is 42.2 Å². The summed E-state index contributed by atoms with van der Waals surface area (Å²) in [5, 5.41) is 0. The summed E-state index contributed by atoms with van der Waals surface area (Å²) < 4.78 is 39.7. The minimum Gasteiger partial charge on any atom is -0.340 e. The fourth-order valence-corrected chi connectivity index (χ4v) is 5.81. The summed E-state index contributed by atoms with van der Waals surface area (Å²) in [7, 11) is -3.75. The smallest absolute Gasteiger partial charge is 0.243 e. The molecule has 8 nitrogen and oxygen atoms in total. The van der Waals surface area contributed by atoms with Gasteiger partial charge in [-0.3, -0.25) is 19.3 Å². The fourth-order valence-electron chi connectivity index (χ4n) is 4.39. The Morgan fingerprint density at radius 2 is 1.48 bits per heavy atom. The van der Waals surface area contributed by atoms with Crippen LogP contribution in [0.3, 0.4) is 0 Å². The van der Waals surface area contributed by atoms with E-state index in [4.69, 9.17) is 0 Å². The van der Waals surface area contributed by atoms with Gasteiger partial charge in [-0.15, -0.1) is 0 Å². The molecule has 10 heteroatoms. The first-order valence-corrected chi connectivity index (χ1v) is 11.8. The molecule has 1 aromatic rings. The van der Waals surface area contributed by atoms with E-state index in [1.54, 1.807) is 4.90 Å². The molecule has 0 unspecified atom stereocenters. The number of piperazine rings is 1. The van der Waals surface area contributed by atoms with Crippen LogP contribution in [0.15, 0.2) is 41.3 Å². The third-order valence-corrected chi connectivity index (χ3v) is 8.10. The summed E-state index contributed by atoms with van der Waals surface area (Å²) in [6.07, 6.45) is 4.98. The zero-order chi connectivity index (χ0) is 22.2. The van der Waals surface area contributed by atoms with E-state index in [0.717, 1.165) is 12.1 Å². The Morgan fingerprint density at radius 3 is 2.03 bits per heavy atom. The minimum atomic E-state index is -3.75. The van der Waals surface area contributed by atoms with Gasteiger partial charge in [0.25, 0.3) is 0 Å². The standard InChI is InChI=1S/C21H24FN3O5S/c22-15-5-7-16(8-6-15)31(29,30)24-13-11-23(12-14-24)19(26)9-10-25-20(27)17-3-1-2-4-18(17)21(25)28/h1-2,5-8,17-18H,3-4,9-14H2/t17-,18-/m1/s1. The Morgan fingerprint density at radius 1 is 0.935 bits per heavy atom. The number of sulfonamides is 1. The van der Waals surface area contributed by atoms with Crippen LogP contribution >= 0.6 is 0 Å². The highest BCUT2D eigenvalue weighted by Gasteiger charge is 2.47. The lowest BCUT2D eigenvalue weighted by molar-refractivity contribution is -0.141. The third-order valence-electron chi connectivity index (χ3n) is 6.19. The van der Waals surface area contributed by atoms with Gasteiger partial charge >= 0.3 is 0 Å². The molecule has 2 atom stereocenters. The number of allylic oxidation sites excluding steroid dienone is 2. The van der Waals surface area contributed by atoms with Gasteiger partial charge < -0.3 is 4.90 Å². The van der Waals surface area contributed by atoms with E-state index in [1.165, 1.54) is 21.3 Å². The van der Waals surface area contributed by atoms with Crippen molar-refractivity contribution >= 4 is 27.7 Å². The normalized spacial score (nSPS) is 24.5. The van der Waals surface area contributed by atoms with Crippen LogP contribution < -0.4 is 0 Å². The van der Waals surface area contributed by atoms with E-state index < -0.39 is 15.8 Å². The predicted molar refractivity (Wildman–Crippen MR) is 108 cm³/mol. The number of imide groups is 1. The number of carbonyl (C=O) groups is 3. The maximum atomic E-state index is 13.1. The molecule has 1 aliphatic carbocycles. The van der Waals surface area contributed by atoms with Crippen molar-refractivity contribution in [2.24, 2.45) is 11.8 Å². The average Bonchev–Trinajstić information content (AvgIpc) is 3.02. The number of carbonyl (C=O) groups excluding carboxylic acids is 3. The zero-order valence-electron chi connectivity index (χ0n) is 16.9. The molecule has 2 fully saturated rings. The molecule has 0 N–H and O–H groups in total. The lowest BCUT2D eigenvalue weighted by Crippen LogP contribution is -2.51. The van der Waals surface area contributed by atoms with Crippen LogP contribution in [0.5, 0.6) is 0 Å². The summed E-state index contributed by atoms with van der Waals surface area (Å²) in [5.74, 6) is -1.77. The summed E-state index contributed by atoms with van der Waals surface area (Å²) >= 11 is 0. The van der Waals surface area contributed by atoms with Gasteiger partial charge in [-0.2, -0.15) is 4.31 Å². The van der Waals surface area contributed by atoms with Gasteiger partial charge in [0.15, 0.2) is 0 Å². The zero-order valence-corrected chi connectivity index (χ0v) is 17.8. The molecule has 0 radical (unpaired) electrons. The number of hydrogen-bond donors (Lipinski definition) is 0. The van der Waals surface area contributed by atoms with Crippen molar-refractivity contribution < 1.29 is 27.2 Å². The molecule has 1 aromatic carbocycles. The van der Waals surface area contributed by atoms with Gasteiger partial charge in [0.05, 0.1) is 16.7 Å². The van der Waals surface area contributed by atoms with Crippen molar-refractivity contribution in [3.63, 3.8) is 0 Å². The SMILES string of the molecule is O=C(CCN1C(=O)[C@@H]2CC=CC[C@H]2C1=O)N1CCN(S(=O)(=O)c2ccc(F)cc2)CC1. The van der Waals surface area contributed by atoms with Gasteiger partial charge in [-0.05, 0) is 37.1 Å². The molecule has 0 bridgehead atoms. The molecule has 0 saturated carbocycles. The Bertz CT molecular complexity index is 990. The van der Waals surface area contributed by atoms with E-state index >= 15 is 0 Å². The molecule has 0 spiro atoms. The Kier molecular flexibility index (Phi) is 5.94. The summed E-state index contributed by atoms with van der Waals surface area (Å²) in [5.41, 5.74) is 0. The van der Waals surface area contributed by atoms with Gasteiger partial charge in [0, 0.05) is 39.1 Å². The van der Waals surface area contributed by atoms with Crippen LogP contribution in [0.2, 0.25) is 0 Å². The Balaban J connectivity index is 1.30. The summed E-state index contributed by atoms with van der Waals surface area (Å²) in [6, 6.07) is 4.64. The van der Waals surface area contributed by atoms with Crippen molar-refractivity contribution in [1.82, 2.24) is 14.1 Å². The topological polar surface area (TPSA) is 95.1 Å². The number of rotatable bonds is 5. The van der Waals surface area contributed by atoms with Crippen molar-refractivity contribution in [3.8, 4) is 0 Å². The van der Waals surface area contributed by atoms with Crippen LogP contribution in [0.4, 0.5) is 4.39 Å². The molecular weight excluding hydrogens is 425 g/mol. The Labute approximate surface area is 180 Å². The number of nitrogens with zero attached hydrogens (tertiary/aromatic N) is 3. The van der Waals surface area contributed by atoms with Gasteiger partial charge in [0.2, 0.25) is 27.7 Å². The van der Waals surface area contributed by atoms with E-state index in [2.05, 4.69) is 0 Å². The highest BCUT2D eigenvalue weighted by atomic mass is 32.2. The minimum absolute atomic E-state index is 0.00990. The molecule has 3 aliphatic rings. The second kappa shape index (κ2) is 8.51. The lowest BCUT2D eigenvalue weighted by atomic mass is 9.85. The van der Waals surface area contributed by atoms with E-state index in [1.807, 2.05) is 12.2 Å². The molecule has 3 amide bonds. The quantitative estimate of drug-likeness (QED) is 0.494. The molecule has 2 aliphatic heterocycles. The molecular formula is C21H24FN3O5S. The second-order valence-electron chi connectivity index (χ2n) is 7.97. The summed E-state index contributed by atoms with van der Waals surface area (Å²) in [4.78, 5) is 40.4. The van der Waals surface area contributed by atoms with Crippen molar-refractivity contribution in [1.29, 1.82) is 0 Å². The maximum absolute atomic E-state index is 13.1. The van der Waals surface area contributed by atoms with Crippen molar-refractivity contribution in [2.75, 3.05) is 32.7 Å². The molecule has 0 aromatic heterocycles. The van der Waals surface area contributed by atoms with Crippen LogP contribution in [-0.2, 0) is 24.4 Å². The molecule has 2 saturated heterocycles. The van der Waals surface area contributed by atoms with E-state index in [0.29, 0.717) is 12.8 Å². The molecule has 31 heavy (non-hydrogen) atoms. The number of benzene rings is 1. The van der Waals surface area contributed by atoms with Crippen molar-refractivity contribution in [2.45, 2.75) is 24.2 Å². The van der Waals surface area contributed by atoms with Gasteiger partial charge in [0.1, 0.15) is 5.82 Å². The summed E-state index contributed by atoms with van der Waals surface area (Å²) in [6.45, 7) is 0.746. The maximum Gasteiger partial charge on any atom is 0.243 e. The first kappa shape index (κ1) is 21.6. The number of likely N-dealkylation sites (tertiary alicyclic amines) is 1. The molecule has 166 valence electrons. The molecule has 2 heterocycles. The Hall–Kier alpha value is -2.59. The first-order chi connectivity index (χ1) is 14.8. The van der Waals surface area contributed by atoms with Gasteiger partial charge in [-0.25, -0.2) is 12.8 Å². The second-order valence-corrected chi connectivity index (χ2v) is 9.91. The van der Waals surface area contributed by atoms with Crippen LogP contribution in [0, 0.1) is 17.7 Å². The molecule has 4 rings (SSSR count). The van der Waals surface area contributed by atoms with Crippen LogP contribution in [0.1, 0.15) is 19.3 Å². The van der Waals surface area contributed by atoms with E-state index in [9.17, 15) is 27.2 Å². The van der Waals surface area contributed by atoms with Crippen LogP contribution in [-0.4, -0.2) is 73.0 Å². The highest BCUT2D eigenvalue weighted by Crippen LogP contribution is 2.35. The largest absolute Gasteiger partial charge is 0.340 e. The monoisotopic (exact) mass is 449 g/mol. The average molecular weight is 450 g/mol. The van der Waals surface area contributed by atoms with Crippen LogP contribution in [0.25, 0.3) is 0 Å². The number of halogens is 1. The van der Waals surface area contributed by atoms with E-state index in [-0.39, 0.29) is 73.6 Å². The number of hydrogen-bond acceptors (Lipinski definition) is 5. The third kappa shape index (κ3) is 4.14. The van der Waals surface area contributed by atoms with Gasteiger partial charge in [-0.1, -0.05) is 12.2 Å². The fraction of sp³-hybridized carbons (Fsp3) is 0.476. The predicted octanol–water partition coefficient (Wildman–Crippen LogP) is 1.000. The first-order valence-electron chi connectivity index (χ1n) is 10.3.